The zero-order valence-electron chi connectivity index (χ0n) is 10.3. The van der Waals surface area contributed by atoms with Gasteiger partial charge in [0.05, 0.1) is 0 Å². The van der Waals surface area contributed by atoms with E-state index in [-0.39, 0.29) is 11.7 Å². The van der Waals surface area contributed by atoms with E-state index in [9.17, 15) is 4.79 Å². The van der Waals surface area contributed by atoms with Gasteiger partial charge < -0.3 is 4.57 Å². The van der Waals surface area contributed by atoms with Crippen LogP contribution in [0, 0.1) is 5.92 Å². The fourth-order valence-corrected chi connectivity index (χ4v) is 1.81. The normalized spacial score (nSPS) is 10.8. The smallest absolute Gasteiger partial charge is 0.166 e. The summed E-state index contributed by atoms with van der Waals surface area (Å²) in [4.78, 5) is 11.8. The molecule has 1 aromatic heterocycles. The van der Waals surface area contributed by atoms with Crippen LogP contribution in [0.15, 0.2) is 48.8 Å². The van der Waals surface area contributed by atoms with Gasteiger partial charge in [0.25, 0.3) is 0 Å². The number of ketones is 1. The molecule has 88 valence electrons. The predicted octanol–water partition coefficient (Wildman–Crippen LogP) is 3.38. The second-order valence-electron chi connectivity index (χ2n) is 4.58. The minimum atomic E-state index is 0.0579. The molecule has 1 heterocycles. The van der Waals surface area contributed by atoms with E-state index in [2.05, 4.69) is 12.1 Å². The summed E-state index contributed by atoms with van der Waals surface area (Å²) in [5.74, 6) is 0.263. The molecule has 2 nitrogen and oxygen atoms in total. The Labute approximate surface area is 102 Å². The van der Waals surface area contributed by atoms with Gasteiger partial charge in [-0.1, -0.05) is 44.2 Å². The zero-order chi connectivity index (χ0) is 12.3. The van der Waals surface area contributed by atoms with Crippen LogP contribution in [-0.4, -0.2) is 10.4 Å². The van der Waals surface area contributed by atoms with Gasteiger partial charge >= 0.3 is 0 Å². The quantitative estimate of drug-likeness (QED) is 0.734. The highest BCUT2D eigenvalue weighted by molar-refractivity contribution is 5.97. The Morgan fingerprint density at radius 2 is 1.88 bits per heavy atom. The Bertz CT molecular complexity index is 497. The molecule has 0 aliphatic rings. The molecule has 0 fully saturated rings. The molecule has 0 unspecified atom stereocenters. The Hall–Kier alpha value is -1.83. The molecule has 0 amide bonds. The lowest BCUT2D eigenvalue weighted by Gasteiger charge is -2.03. The zero-order valence-corrected chi connectivity index (χ0v) is 10.3. The molecule has 0 aliphatic heterocycles. The van der Waals surface area contributed by atoms with Crippen molar-refractivity contribution in [3.8, 4) is 0 Å². The van der Waals surface area contributed by atoms with E-state index in [0.29, 0.717) is 0 Å². The summed E-state index contributed by atoms with van der Waals surface area (Å²) < 4.78 is 2.05. The van der Waals surface area contributed by atoms with Crippen molar-refractivity contribution in [2.45, 2.75) is 20.4 Å². The van der Waals surface area contributed by atoms with Crippen LogP contribution < -0.4 is 0 Å². The highest BCUT2D eigenvalue weighted by atomic mass is 16.1. The Kier molecular flexibility index (Phi) is 3.43. The number of benzene rings is 1. The minimum Gasteiger partial charge on any atom is -0.349 e. The highest BCUT2D eigenvalue weighted by Crippen LogP contribution is 2.10. The topological polar surface area (TPSA) is 22.0 Å². The summed E-state index contributed by atoms with van der Waals surface area (Å²) in [5, 5.41) is 0. The van der Waals surface area contributed by atoms with Gasteiger partial charge in [-0.05, 0) is 11.6 Å². The monoisotopic (exact) mass is 227 g/mol. The lowest BCUT2D eigenvalue weighted by molar-refractivity contribution is 0.0939. The molecule has 0 atom stereocenters. The van der Waals surface area contributed by atoms with E-state index >= 15 is 0 Å². The molecule has 0 bridgehead atoms. The molecule has 1 aromatic carbocycles. The SMILES string of the molecule is CC(C)C(=O)c1ccn(Cc2ccccc2)c1. The van der Waals surface area contributed by atoms with E-state index in [0.717, 1.165) is 12.1 Å². The maximum Gasteiger partial charge on any atom is 0.166 e. The molecular formula is C15H17NO. The molecule has 2 heteroatoms. The van der Waals surface area contributed by atoms with Gasteiger partial charge in [-0.2, -0.15) is 0 Å². The maximum absolute atomic E-state index is 11.8. The Morgan fingerprint density at radius 1 is 1.18 bits per heavy atom. The molecule has 0 aliphatic carbocycles. The average molecular weight is 227 g/mol. The Morgan fingerprint density at radius 3 is 2.53 bits per heavy atom. The maximum atomic E-state index is 11.8. The van der Waals surface area contributed by atoms with Crippen molar-refractivity contribution in [3.63, 3.8) is 0 Å². The number of aromatic nitrogens is 1. The van der Waals surface area contributed by atoms with Crippen LogP contribution in [0.1, 0.15) is 29.8 Å². The molecule has 0 saturated carbocycles. The van der Waals surface area contributed by atoms with Crippen LogP contribution in [-0.2, 0) is 6.54 Å². The summed E-state index contributed by atoms with van der Waals surface area (Å²) in [5.41, 5.74) is 2.04. The van der Waals surface area contributed by atoms with Crippen LogP contribution >= 0.6 is 0 Å². The van der Waals surface area contributed by atoms with Gasteiger partial charge in [0, 0.05) is 30.4 Å². The van der Waals surface area contributed by atoms with Crippen molar-refractivity contribution < 1.29 is 4.79 Å². The van der Waals surface area contributed by atoms with Gasteiger partial charge in [-0.3, -0.25) is 4.79 Å². The molecule has 0 spiro atoms. The van der Waals surface area contributed by atoms with Crippen LogP contribution in [0.4, 0.5) is 0 Å². The summed E-state index contributed by atoms with van der Waals surface area (Å²) >= 11 is 0. The van der Waals surface area contributed by atoms with E-state index in [4.69, 9.17) is 0 Å². The summed E-state index contributed by atoms with van der Waals surface area (Å²) in [6.07, 6.45) is 3.89. The largest absolute Gasteiger partial charge is 0.349 e. The predicted molar refractivity (Wildman–Crippen MR) is 69.1 cm³/mol. The standard InChI is InChI=1S/C15H17NO/c1-12(2)15(17)14-8-9-16(11-14)10-13-6-4-3-5-7-13/h3-9,11-12H,10H2,1-2H3. The van der Waals surface area contributed by atoms with Gasteiger partial charge in [0.2, 0.25) is 0 Å². The fourth-order valence-electron chi connectivity index (χ4n) is 1.81. The third-order valence-corrected chi connectivity index (χ3v) is 2.77. The van der Waals surface area contributed by atoms with E-state index in [1.54, 1.807) is 0 Å². The van der Waals surface area contributed by atoms with Gasteiger partial charge in [-0.15, -0.1) is 0 Å². The lowest BCUT2D eigenvalue weighted by atomic mass is 10.0. The molecule has 17 heavy (non-hydrogen) atoms. The van der Waals surface area contributed by atoms with Crippen LogP contribution in [0.25, 0.3) is 0 Å². The summed E-state index contributed by atoms with van der Waals surface area (Å²) in [6.45, 7) is 4.67. The van der Waals surface area contributed by atoms with Crippen molar-refractivity contribution in [3.05, 3.63) is 59.9 Å². The molecular weight excluding hydrogens is 210 g/mol. The number of nitrogens with zero attached hydrogens (tertiary/aromatic N) is 1. The first-order valence-corrected chi connectivity index (χ1v) is 5.91. The van der Waals surface area contributed by atoms with Crippen LogP contribution in [0.3, 0.4) is 0 Å². The number of rotatable bonds is 4. The lowest BCUT2D eigenvalue weighted by Crippen LogP contribution is -2.06. The second kappa shape index (κ2) is 5.00. The average Bonchev–Trinajstić information content (AvgIpc) is 2.77. The number of Topliss-reactive ketones (excluding diaryl/α,β-unsaturated/α-hetero) is 1. The van der Waals surface area contributed by atoms with Gasteiger partial charge in [0.15, 0.2) is 5.78 Å². The first kappa shape index (κ1) is 11.6. The number of hydrogen-bond acceptors (Lipinski definition) is 1. The molecule has 0 N–H and O–H groups in total. The van der Waals surface area contributed by atoms with E-state index in [1.165, 1.54) is 5.56 Å². The van der Waals surface area contributed by atoms with Crippen molar-refractivity contribution in [2.24, 2.45) is 5.92 Å². The summed E-state index contributed by atoms with van der Waals surface area (Å²) in [6, 6.07) is 12.1. The fraction of sp³-hybridized carbons (Fsp3) is 0.267. The van der Waals surface area contributed by atoms with E-state index in [1.807, 2.05) is 55.1 Å². The number of hydrogen-bond donors (Lipinski definition) is 0. The molecule has 2 rings (SSSR count). The minimum absolute atomic E-state index is 0.0579. The highest BCUT2D eigenvalue weighted by Gasteiger charge is 2.11. The third kappa shape index (κ3) is 2.84. The van der Waals surface area contributed by atoms with Crippen molar-refractivity contribution >= 4 is 5.78 Å². The van der Waals surface area contributed by atoms with E-state index < -0.39 is 0 Å². The number of carbonyl (C=O) groups excluding carboxylic acids is 1. The Balaban J connectivity index is 2.12. The van der Waals surface area contributed by atoms with Gasteiger partial charge in [-0.25, -0.2) is 0 Å². The van der Waals surface area contributed by atoms with Crippen LogP contribution in [0.2, 0.25) is 0 Å². The second-order valence-corrected chi connectivity index (χ2v) is 4.58. The first-order valence-electron chi connectivity index (χ1n) is 5.91. The van der Waals surface area contributed by atoms with Gasteiger partial charge in [0.1, 0.15) is 0 Å². The molecule has 0 radical (unpaired) electrons. The van der Waals surface area contributed by atoms with Crippen molar-refractivity contribution in [1.29, 1.82) is 0 Å². The molecule has 2 aromatic rings. The molecule has 0 saturated heterocycles. The third-order valence-electron chi connectivity index (χ3n) is 2.77. The van der Waals surface area contributed by atoms with Crippen molar-refractivity contribution in [2.75, 3.05) is 0 Å². The van der Waals surface area contributed by atoms with Crippen molar-refractivity contribution in [1.82, 2.24) is 4.57 Å². The van der Waals surface area contributed by atoms with Crippen LogP contribution in [0.5, 0.6) is 0 Å². The summed E-state index contributed by atoms with van der Waals surface area (Å²) in [7, 11) is 0. The first-order chi connectivity index (χ1) is 8.16. The number of carbonyl (C=O) groups is 1.